The molecule has 6 heteroatoms. The van der Waals surface area contributed by atoms with Gasteiger partial charge in [-0.1, -0.05) is 72.9 Å². The van der Waals surface area contributed by atoms with E-state index in [4.69, 9.17) is 0 Å². The van der Waals surface area contributed by atoms with Gasteiger partial charge in [-0.25, -0.2) is 0 Å². The molecule has 0 radical (unpaired) electrons. The van der Waals surface area contributed by atoms with Crippen molar-refractivity contribution in [3.05, 3.63) is 70.7 Å². The molecule has 1 amide bonds. The van der Waals surface area contributed by atoms with Crippen LogP contribution < -0.4 is 5.32 Å². The molecule has 5 nitrogen and oxygen atoms in total. The molecule has 0 unspecified atom stereocenters. The van der Waals surface area contributed by atoms with Gasteiger partial charge in [0, 0.05) is 0 Å². The average molecular weight is 360 g/mol. The number of hydrogen-bond donors (Lipinski definition) is 1. The highest BCUT2D eigenvalue weighted by Gasteiger charge is 2.13. The van der Waals surface area contributed by atoms with E-state index in [0.29, 0.717) is 5.13 Å². The number of rotatable bonds is 5. The molecular formula is C20H16N4OS. The third-order valence-electron chi connectivity index (χ3n) is 3.70. The van der Waals surface area contributed by atoms with E-state index < -0.39 is 5.91 Å². The standard InChI is InChI=1S/C20H16N4OS/c1-2-18-23-24-20(26-18)22-19(25)16(13-21)12-15-10-6-7-11-17(15)14-8-4-3-5-9-14/h3-12H,2H2,1H3,(H,22,24,25)/b16-12+. The van der Waals surface area contributed by atoms with Gasteiger partial charge in [-0.15, -0.1) is 10.2 Å². The molecule has 0 saturated carbocycles. The summed E-state index contributed by atoms with van der Waals surface area (Å²) in [6.45, 7) is 1.97. The molecule has 0 aliphatic carbocycles. The van der Waals surface area contributed by atoms with E-state index in [9.17, 15) is 10.1 Å². The summed E-state index contributed by atoms with van der Waals surface area (Å²) in [6.07, 6.45) is 2.35. The largest absolute Gasteiger partial charge is 0.296 e. The minimum absolute atomic E-state index is 0.0154. The van der Waals surface area contributed by atoms with Crippen molar-refractivity contribution in [1.29, 1.82) is 5.26 Å². The summed E-state index contributed by atoms with van der Waals surface area (Å²) in [5.74, 6) is -0.492. The summed E-state index contributed by atoms with van der Waals surface area (Å²) in [6, 6.07) is 19.5. The summed E-state index contributed by atoms with van der Waals surface area (Å²) < 4.78 is 0. The van der Waals surface area contributed by atoms with Gasteiger partial charge in [0.1, 0.15) is 16.6 Å². The number of nitrogens with one attached hydrogen (secondary N) is 1. The Morgan fingerprint density at radius 1 is 1.15 bits per heavy atom. The quantitative estimate of drug-likeness (QED) is 0.543. The van der Waals surface area contributed by atoms with Crippen molar-refractivity contribution in [1.82, 2.24) is 10.2 Å². The molecule has 1 aromatic heterocycles. The number of aryl methyl sites for hydroxylation is 1. The normalized spacial score (nSPS) is 11.0. The second-order valence-corrected chi connectivity index (χ2v) is 6.49. The number of carbonyl (C=O) groups is 1. The molecule has 26 heavy (non-hydrogen) atoms. The van der Waals surface area contributed by atoms with Crippen molar-refractivity contribution >= 4 is 28.5 Å². The highest BCUT2D eigenvalue weighted by molar-refractivity contribution is 7.15. The van der Waals surface area contributed by atoms with E-state index in [1.165, 1.54) is 11.3 Å². The molecule has 0 atom stereocenters. The number of aromatic nitrogens is 2. The number of anilines is 1. The predicted molar refractivity (Wildman–Crippen MR) is 103 cm³/mol. The smallest absolute Gasteiger partial charge is 0.268 e. The summed E-state index contributed by atoms with van der Waals surface area (Å²) in [7, 11) is 0. The monoisotopic (exact) mass is 360 g/mol. The first-order chi connectivity index (χ1) is 12.7. The molecule has 0 aliphatic heterocycles. The Kier molecular flexibility index (Phi) is 5.52. The van der Waals surface area contributed by atoms with Crippen LogP contribution in [0.5, 0.6) is 0 Å². The first-order valence-electron chi connectivity index (χ1n) is 8.11. The number of amides is 1. The zero-order chi connectivity index (χ0) is 18.4. The predicted octanol–water partition coefficient (Wildman–Crippen LogP) is 4.31. The lowest BCUT2D eigenvalue weighted by Crippen LogP contribution is -2.13. The maximum absolute atomic E-state index is 12.4. The lowest BCUT2D eigenvalue weighted by Gasteiger charge is -2.07. The van der Waals surface area contributed by atoms with Crippen LogP contribution in [0, 0.1) is 11.3 Å². The van der Waals surface area contributed by atoms with E-state index in [0.717, 1.165) is 28.1 Å². The first kappa shape index (κ1) is 17.5. The average Bonchev–Trinajstić information content (AvgIpc) is 3.14. The third-order valence-corrected chi connectivity index (χ3v) is 4.68. The van der Waals surface area contributed by atoms with Crippen LogP contribution in [0.2, 0.25) is 0 Å². The lowest BCUT2D eigenvalue weighted by atomic mass is 9.98. The van der Waals surface area contributed by atoms with Crippen LogP contribution in [0.15, 0.2) is 60.2 Å². The molecule has 0 saturated heterocycles. The Morgan fingerprint density at radius 3 is 2.58 bits per heavy atom. The number of nitrogens with zero attached hydrogens (tertiary/aromatic N) is 3. The van der Waals surface area contributed by atoms with Gasteiger partial charge in [0.05, 0.1) is 0 Å². The van der Waals surface area contributed by atoms with Crippen LogP contribution in [0.1, 0.15) is 17.5 Å². The van der Waals surface area contributed by atoms with Crippen LogP contribution in [0.3, 0.4) is 0 Å². The van der Waals surface area contributed by atoms with E-state index in [2.05, 4.69) is 15.5 Å². The lowest BCUT2D eigenvalue weighted by molar-refractivity contribution is -0.112. The topological polar surface area (TPSA) is 78.7 Å². The van der Waals surface area contributed by atoms with Gasteiger partial charge in [-0.05, 0) is 29.2 Å². The van der Waals surface area contributed by atoms with Gasteiger partial charge in [0.15, 0.2) is 0 Å². The molecular weight excluding hydrogens is 344 g/mol. The van der Waals surface area contributed by atoms with Crippen molar-refractivity contribution < 1.29 is 4.79 Å². The highest BCUT2D eigenvalue weighted by Crippen LogP contribution is 2.25. The van der Waals surface area contributed by atoms with Crippen molar-refractivity contribution in [2.75, 3.05) is 5.32 Å². The molecule has 1 heterocycles. The molecule has 3 rings (SSSR count). The molecule has 0 bridgehead atoms. The molecule has 3 aromatic rings. The maximum atomic E-state index is 12.4. The van der Waals surface area contributed by atoms with E-state index in [1.54, 1.807) is 6.08 Å². The minimum Gasteiger partial charge on any atom is -0.296 e. The zero-order valence-electron chi connectivity index (χ0n) is 14.1. The molecule has 0 spiro atoms. The van der Waals surface area contributed by atoms with Crippen LogP contribution >= 0.6 is 11.3 Å². The van der Waals surface area contributed by atoms with Gasteiger partial charge >= 0.3 is 0 Å². The Bertz CT molecular complexity index is 986. The molecule has 0 fully saturated rings. The molecule has 128 valence electrons. The number of carbonyl (C=O) groups excluding carboxylic acids is 1. The van der Waals surface area contributed by atoms with Crippen molar-refractivity contribution in [3.63, 3.8) is 0 Å². The Morgan fingerprint density at radius 2 is 1.88 bits per heavy atom. The molecule has 0 aliphatic rings. The van der Waals surface area contributed by atoms with E-state index in [1.807, 2.05) is 67.6 Å². The van der Waals surface area contributed by atoms with Crippen LogP contribution in [0.25, 0.3) is 17.2 Å². The van der Waals surface area contributed by atoms with Gasteiger partial charge in [0.25, 0.3) is 5.91 Å². The van der Waals surface area contributed by atoms with Gasteiger partial charge in [0.2, 0.25) is 5.13 Å². The highest BCUT2D eigenvalue weighted by atomic mass is 32.1. The van der Waals surface area contributed by atoms with Crippen molar-refractivity contribution in [3.8, 4) is 17.2 Å². The van der Waals surface area contributed by atoms with E-state index in [-0.39, 0.29) is 5.57 Å². The van der Waals surface area contributed by atoms with Crippen LogP contribution in [0.4, 0.5) is 5.13 Å². The third kappa shape index (κ3) is 4.02. The van der Waals surface area contributed by atoms with Gasteiger partial charge in [-0.2, -0.15) is 5.26 Å². The van der Waals surface area contributed by atoms with Crippen LogP contribution in [-0.4, -0.2) is 16.1 Å². The van der Waals surface area contributed by atoms with Crippen molar-refractivity contribution in [2.24, 2.45) is 0 Å². The maximum Gasteiger partial charge on any atom is 0.268 e. The second kappa shape index (κ2) is 8.19. The Labute approximate surface area is 155 Å². The summed E-state index contributed by atoms with van der Waals surface area (Å²) in [4.78, 5) is 12.4. The van der Waals surface area contributed by atoms with E-state index >= 15 is 0 Å². The fourth-order valence-electron chi connectivity index (χ4n) is 2.42. The number of hydrogen-bond acceptors (Lipinski definition) is 5. The second-order valence-electron chi connectivity index (χ2n) is 5.43. The Hall–Kier alpha value is -3.30. The van der Waals surface area contributed by atoms with Crippen LogP contribution in [-0.2, 0) is 11.2 Å². The SMILES string of the molecule is CCc1nnc(NC(=O)/C(C#N)=C/c2ccccc2-c2ccccc2)s1. The van der Waals surface area contributed by atoms with Gasteiger partial charge < -0.3 is 0 Å². The summed E-state index contributed by atoms with van der Waals surface area (Å²) in [5.41, 5.74) is 2.80. The zero-order valence-corrected chi connectivity index (χ0v) is 15.0. The fraction of sp³-hybridized carbons (Fsp3) is 0.100. The number of nitriles is 1. The fourth-order valence-corrected chi connectivity index (χ4v) is 3.09. The molecule has 2 aromatic carbocycles. The Balaban J connectivity index is 1.90. The summed E-state index contributed by atoms with van der Waals surface area (Å²) >= 11 is 1.30. The summed E-state index contributed by atoms with van der Waals surface area (Å²) in [5, 5.41) is 21.2. The molecule has 1 N–H and O–H groups in total. The van der Waals surface area contributed by atoms with Crippen molar-refractivity contribution in [2.45, 2.75) is 13.3 Å². The number of benzene rings is 2. The first-order valence-corrected chi connectivity index (χ1v) is 8.93. The van der Waals surface area contributed by atoms with Gasteiger partial charge in [-0.3, -0.25) is 10.1 Å². The minimum atomic E-state index is -0.492.